The molecule has 0 bridgehead atoms. The van der Waals surface area contributed by atoms with Gasteiger partial charge in [0.2, 0.25) is 0 Å². The van der Waals surface area contributed by atoms with Crippen molar-refractivity contribution in [3.05, 3.63) is 103 Å². The van der Waals surface area contributed by atoms with Crippen LogP contribution in [0.2, 0.25) is 0 Å². The number of hydrogen-bond donors (Lipinski definition) is 3. The summed E-state index contributed by atoms with van der Waals surface area (Å²) in [6.45, 7) is 13.3. The number of aliphatic hydroxyl groups excluding tert-OH is 1. The zero-order valence-corrected chi connectivity index (χ0v) is 18.8. The molecule has 0 saturated carbocycles. The van der Waals surface area contributed by atoms with Gasteiger partial charge in [0, 0.05) is 43.4 Å². The van der Waals surface area contributed by atoms with E-state index in [4.69, 9.17) is 12.2 Å². The molecule has 0 radical (unpaired) electrons. The fraction of sp³-hybridized carbons (Fsp3) is 0.240. The number of nitrogens with one attached hydrogen (secondary N) is 2. The number of aromatic nitrogens is 1. The molecule has 1 aromatic heterocycles. The highest BCUT2D eigenvalue weighted by Crippen LogP contribution is 2.26. The molecule has 31 heavy (non-hydrogen) atoms. The molecule has 1 atom stereocenters. The lowest BCUT2D eigenvalue weighted by Crippen LogP contribution is -2.35. The summed E-state index contributed by atoms with van der Waals surface area (Å²) in [4.78, 5) is 17.0. The van der Waals surface area contributed by atoms with Crippen LogP contribution in [0.1, 0.15) is 25.3 Å². The van der Waals surface area contributed by atoms with E-state index in [2.05, 4.69) is 35.4 Å². The van der Waals surface area contributed by atoms with Gasteiger partial charge in [0.25, 0.3) is 0 Å². The average molecular weight is 438 g/mol. The van der Waals surface area contributed by atoms with Crippen molar-refractivity contribution < 1.29 is 9.90 Å². The topological polar surface area (TPSA) is 74.2 Å². The van der Waals surface area contributed by atoms with Crippen molar-refractivity contribution in [2.45, 2.75) is 26.3 Å². The molecule has 0 amide bonds. The number of carbonyl (C=O) groups excluding carboxylic acids is 1. The molecule has 0 spiro atoms. The van der Waals surface area contributed by atoms with E-state index in [0.29, 0.717) is 29.2 Å². The summed E-state index contributed by atoms with van der Waals surface area (Å²) in [6.07, 6.45) is 14.8. The van der Waals surface area contributed by atoms with Gasteiger partial charge in [-0.15, -0.1) is 0 Å². The van der Waals surface area contributed by atoms with Gasteiger partial charge in [0.1, 0.15) is 4.99 Å². The molecule has 2 rings (SSSR count). The summed E-state index contributed by atoms with van der Waals surface area (Å²) in [5.41, 5.74) is 2.93. The van der Waals surface area contributed by atoms with Gasteiger partial charge in [-0.2, -0.15) is 0 Å². The Kier molecular flexibility index (Phi) is 12.4. The first kappa shape index (κ1) is 25.9. The lowest BCUT2D eigenvalue weighted by molar-refractivity contribution is -0.116. The first-order valence-corrected chi connectivity index (χ1v) is 10.4. The minimum Gasteiger partial charge on any atom is -0.396 e. The third kappa shape index (κ3) is 9.07. The first-order valence-electron chi connectivity index (χ1n) is 10.0. The molecule has 1 heterocycles. The second-order valence-electron chi connectivity index (χ2n) is 6.72. The Hall–Kier alpha value is -3.09. The maximum atomic E-state index is 12.6. The number of aliphatic hydroxyl groups is 1. The minimum atomic E-state index is -0.100. The van der Waals surface area contributed by atoms with Crippen molar-refractivity contribution in [2.24, 2.45) is 5.92 Å². The molecular formula is C25H31N3O2S. The molecular weight excluding hydrogens is 406 g/mol. The van der Waals surface area contributed by atoms with Gasteiger partial charge in [-0.05, 0) is 49.1 Å². The molecule has 5 nitrogen and oxygen atoms in total. The summed E-state index contributed by atoms with van der Waals surface area (Å²) in [5.74, 6) is -0.177. The summed E-state index contributed by atoms with van der Waals surface area (Å²) in [7, 11) is 0. The Balaban J connectivity index is 0.000000861. The van der Waals surface area contributed by atoms with E-state index >= 15 is 0 Å². The minimum absolute atomic E-state index is 0.0338. The number of carbonyl (C=O) groups is 1. The molecule has 1 aliphatic carbocycles. The van der Waals surface area contributed by atoms with E-state index in [1.54, 1.807) is 36.7 Å². The fourth-order valence-corrected chi connectivity index (χ4v) is 3.23. The largest absolute Gasteiger partial charge is 0.396 e. The smallest absolute Gasteiger partial charge is 0.167 e. The Morgan fingerprint density at radius 1 is 1.26 bits per heavy atom. The Morgan fingerprint density at radius 3 is 2.48 bits per heavy atom. The number of Topliss-reactive ketones (excluding diaryl/α,β-unsaturated/α-hetero) is 1. The highest BCUT2D eigenvalue weighted by molar-refractivity contribution is 7.80. The van der Waals surface area contributed by atoms with Gasteiger partial charge < -0.3 is 15.7 Å². The molecule has 164 valence electrons. The summed E-state index contributed by atoms with van der Waals surface area (Å²) in [5, 5.41) is 15.9. The number of rotatable bonds is 9. The SMILES string of the molecule is C=C/C=C(\C=C)NC(=S)C1=C(NCc2ccncc2)CC(CO)CC1=O.C=C/C=C\C. The summed E-state index contributed by atoms with van der Waals surface area (Å²) >= 11 is 5.47. The second kappa shape index (κ2) is 14.8. The van der Waals surface area contributed by atoms with Crippen LogP contribution in [0.15, 0.2) is 97.7 Å². The number of hydrogen-bond acceptors (Lipinski definition) is 5. The zero-order chi connectivity index (χ0) is 23.1. The third-order valence-corrected chi connectivity index (χ3v) is 4.70. The van der Waals surface area contributed by atoms with Crippen LogP contribution < -0.4 is 10.6 Å². The van der Waals surface area contributed by atoms with Crippen molar-refractivity contribution in [3.8, 4) is 0 Å². The van der Waals surface area contributed by atoms with E-state index in [1.807, 2.05) is 31.2 Å². The molecule has 6 heteroatoms. The van der Waals surface area contributed by atoms with Gasteiger partial charge in [-0.25, -0.2) is 0 Å². The van der Waals surface area contributed by atoms with Crippen LogP contribution in [0.25, 0.3) is 0 Å². The lowest BCUT2D eigenvalue weighted by Gasteiger charge is -2.27. The second-order valence-corrected chi connectivity index (χ2v) is 7.13. The highest BCUT2D eigenvalue weighted by Gasteiger charge is 2.29. The normalized spacial score (nSPS) is 16.3. The maximum Gasteiger partial charge on any atom is 0.167 e. The van der Waals surface area contributed by atoms with Crippen LogP contribution >= 0.6 is 12.2 Å². The van der Waals surface area contributed by atoms with Crippen LogP contribution in [-0.4, -0.2) is 27.5 Å². The van der Waals surface area contributed by atoms with Crippen molar-refractivity contribution in [1.82, 2.24) is 15.6 Å². The molecule has 0 aliphatic heterocycles. The summed E-state index contributed by atoms with van der Waals surface area (Å²) in [6, 6.07) is 3.81. The van der Waals surface area contributed by atoms with Gasteiger partial charge in [0.15, 0.2) is 5.78 Å². The van der Waals surface area contributed by atoms with Crippen LogP contribution in [0, 0.1) is 5.92 Å². The predicted molar refractivity (Wildman–Crippen MR) is 132 cm³/mol. The lowest BCUT2D eigenvalue weighted by atomic mass is 9.86. The van der Waals surface area contributed by atoms with Crippen molar-refractivity contribution in [1.29, 1.82) is 0 Å². The highest BCUT2D eigenvalue weighted by atomic mass is 32.1. The predicted octanol–water partition coefficient (Wildman–Crippen LogP) is 4.32. The molecule has 1 aromatic rings. The molecule has 3 N–H and O–H groups in total. The van der Waals surface area contributed by atoms with Gasteiger partial charge in [0.05, 0.1) is 5.57 Å². The molecule has 1 unspecified atom stereocenters. The van der Waals surface area contributed by atoms with E-state index in [9.17, 15) is 9.90 Å². The van der Waals surface area contributed by atoms with Crippen LogP contribution in [0.4, 0.5) is 0 Å². The maximum absolute atomic E-state index is 12.6. The van der Waals surface area contributed by atoms with E-state index in [0.717, 1.165) is 11.3 Å². The number of ketones is 1. The Labute approximate surface area is 190 Å². The van der Waals surface area contributed by atoms with E-state index in [-0.39, 0.29) is 24.7 Å². The average Bonchev–Trinajstić information content (AvgIpc) is 2.78. The van der Waals surface area contributed by atoms with Crippen molar-refractivity contribution >= 4 is 23.0 Å². The Morgan fingerprint density at radius 2 is 1.97 bits per heavy atom. The Bertz CT molecular complexity index is 870. The van der Waals surface area contributed by atoms with Gasteiger partial charge in [-0.1, -0.05) is 56.3 Å². The van der Waals surface area contributed by atoms with Gasteiger partial charge >= 0.3 is 0 Å². The quantitative estimate of drug-likeness (QED) is 0.395. The van der Waals surface area contributed by atoms with Crippen molar-refractivity contribution in [2.75, 3.05) is 6.61 Å². The van der Waals surface area contributed by atoms with Crippen LogP contribution in [0.3, 0.4) is 0 Å². The van der Waals surface area contributed by atoms with E-state index < -0.39 is 0 Å². The molecule has 0 fully saturated rings. The number of nitrogens with zero attached hydrogens (tertiary/aromatic N) is 1. The molecule has 1 aliphatic rings. The monoisotopic (exact) mass is 437 g/mol. The fourth-order valence-electron chi connectivity index (χ4n) is 2.88. The zero-order valence-electron chi connectivity index (χ0n) is 18.0. The van der Waals surface area contributed by atoms with Crippen molar-refractivity contribution in [3.63, 3.8) is 0 Å². The summed E-state index contributed by atoms with van der Waals surface area (Å²) < 4.78 is 0. The third-order valence-electron chi connectivity index (χ3n) is 4.39. The van der Waals surface area contributed by atoms with Gasteiger partial charge in [-0.3, -0.25) is 9.78 Å². The number of pyridine rings is 1. The standard InChI is InChI=1S/C20H23N3O2S.C5H8/c1-3-5-16(4-2)23-20(26)19-17(10-15(13-24)11-18(19)25)22-12-14-6-8-21-9-7-14;1-3-5-4-2/h3-9,15,22,24H,1-2,10-13H2,(H,23,26);3-5H,1H2,2H3/b16-5+;5-4-. The molecule has 0 aromatic carbocycles. The van der Waals surface area contributed by atoms with E-state index in [1.165, 1.54) is 0 Å². The first-order chi connectivity index (χ1) is 15.0. The molecule has 0 saturated heterocycles. The number of thiocarbonyl (C=S) groups is 1. The van der Waals surface area contributed by atoms with Crippen LogP contribution in [-0.2, 0) is 11.3 Å². The van der Waals surface area contributed by atoms with Crippen LogP contribution in [0.5, 0.6) is 0 Å². The number of allylic oxidation sites excluding steroid dienone is 7.